The van der Waals surface area contributed by atoms with E-state index in [0.717, 1.165) is 12.8 Å². The second-order valence-electron chi connectivity index (χ2n) is 6.28. The third kappa shape index (κ3) is 7.38. The van der Waals surface area contributed by atoms with Crippen LogP contribution in [0.2, 0.25) is 0 Å². The lowest BCUT2D eigenvalue weighted by Gasteiger charge is -2.20. The van der Waals surface area contributed by atoms with Crippen molar-refractivity contribution in [3.8, 4) is 0 Å². The van der Waals surface area contributed by atoms with E-state index in [0.29, 0.717) is 6.61 Å². The Labute approximate surface area is 134 Å². The van der Waals surface area contributed by atoms with E-state index in [2.05, 4.69) is 6.92 Å². The topological polar surface area (TPSA) is 79.2 Å². The molecule has 1 saturated heterocycles. The van der Waals surface area contributed by atoms with E-state index in [9.17, 15) is 10.2 Å². The van der Waals surface area contributed by atoms with Crippen molar-refractivity contribution in [3.63, 3.8) is 0 Å². The molecule has 1 aliphatic rings. The molecule has 0 amide bonds. The summed E-state index contributed by atoms with van der Waals surface area (Å²) in [6, 6.07) is 0. The van der Waals surface area contributed by atoms with E-state index in [1.165, 1.54) is 44.9 Å². The minimum absolute atomic E-state index is 0.278. The van der Waals surface area contributed by atoms with Crippen molar-refractivity contribution in [2.75, 3.05) is 19.8 Å². The smallest absolute Gasteiger partial charge is 0.114 e. The van der Waals surface area contributed by atoms with Crippen molar-refractivity contribution >= 4 is 0 Å². The maximum absolute atomic E-state index is 9.97. The second kappa shape index (κ2) is 12.3. The Hall–Kier alpha value is -0.200. The first kappa shape index (κ1) is 19.8. The summed E-state index contributed by atoms with van der Waals surface area (Å²) in [5.41, 5.74) is 0. The number of rotatable bonds is 13. The van der Waals surface area contributed by atoms with Gasteiger partial charge in [0.2, 0.25) is 0 Å². The maximum Gasteiger partial charge on any atom is 0.114 e. The molecular weight excluding hydrogens is 284 g/mol. The number of aliphatic hydroxyl groups is 3. The average molecular weight is 318 g/mol. The van der Waals surface area contributed by atoms with Gasteiger partial charge in [-0.1, -0.05) is 58.3 Å². The largest absolute Gasteiger partial charge is 0.394 e. The Morgan fingerprint density at radius 3 is 2.23 bits per heavy atom. The Morgan fingerprint density at radius 2 is 1.64 bits per heavy atom. The molecule has 0 aromatic rings. The maximum atomic E-state index is 9.97. The number of unbranched alkanes of at least 4 members (excludes halogenated alkanes) is 8. The van der Waals surface area contributed by atoms with Crippen LogP contribution < -0.4 is 0 Å². The predicted octanol–water partition coefficient (Wildman–Crippen LogP) is 2.02. The highest BCUT2D eigenvalue weighted by Crippen LogP contribution is 2.20. The van der Waals surface area contributed by atoms with E-state index in [1.54, 1.807) is 0 Å². The monoisotopic (exact) mass is 318 g/mol. The molecule has 1 aliphatic heterocycles. The molecule has 0 saturated carbocycles. The van der Waals surface area contributed by atoms with E-state index in [4.69, 9.17) is 14.6 Å². The van der Waals surface area contributed by atoms with Gasteiger partial charge in [-0.25, -0.2) is 0 Å². The van der Waals surface area contributed by atoms with Crippen LogP contribution in [-0.4, -0.2) is 59.6 Å². The van der Waals surface area contributed by atoms with Crippen LogP contribution in [-0.2, 0) is 9.47 Å². The van der Waals surface area contributed by atoms with Crippen LogP contribution in [0.4, 0.5) is 0 Å². The van der Waals surface area contributed by atoms with Crippen LogP contribution in [0.15, 0.2) is 0 Å². The highest BCUT2D eigenvalue weighted by Gasteiger charge is 2.40. The molecule has 0 unspecified atom stereocenters. The Morgan fingerprint density at radius 1 is 1.05 bits per heavy atom. The van der Waals surface area contributed by atoms with Crippen LogP contribution in [0.5, 0.6) is 0 Å². The van der Waals surface area contributed by atoms with Crippen molar-refractivity contribution in [1.82, 2.24) is 0 Å². The highest BCUT2D eigenvalue weighted by atomic mass is 16.6. The molecule has 4 atom stereocenters. The van der Waals surface area contributed by atoms with E-state index < -0.39 is 24.9 Å². The first-order chi connectivity index (χ1) is 10.7. The zero-order valence-electron chi connectivity index (χ0n) is 14.0. The van der Waals surface area contributed by atoms with Crippen LogP contribution >= 0.6 is 0 Å². The first-order valence-corrected chi connectivity index (χ1v) is 8.90. The van der Waals surface area contributed by atoms with Crippen LogP contribution in [0, 0.1) is 0 Å². The molecule has 0 spiro atoms. The molecule has 0 aromatic carbocycles. The van der Waals surface area contributed by atoms with Crippen molar-refractivity contribution < 1.29 is 24.8 Å². The van der Waals surface area contributed by atoms with Crippen molar-refractivity contribution in [1.29, 1.82) is 0 Å². The molecular formula is C17H34O5. The first-order valence-electron chi connectivity index (χ1n) is 8.90. The minimum Gasteiger partial charge on any atom is -0.394 e. The van der Waals surface area contributed by atoms with E-state index in [1.807, 2.05) is 0 Å². The third-order valence-corrected chi connectivity index (χ3v) is 4.32. The van der Waals surface area contributed by atoms with Gasteiger partial charge in [0.05, 0.1) is 13.2 Å². The molecule has 3 N–H and O–H groups in total. The normalized spacial score (nSPS) is 26.5. The summed E-state index contributed by atoms with van der Waals surface area (Å²) in [6.45, 7) is 2.72. The summed E-state index contributed by atoms with van der Waals surface area (Å²) in [6.07, 6.45) is 8.34. The van der Waals surface area contributed by atoms with Gasteiger partial charge in [-0.05, 0) is 6.42 Å². The zero-order chi connectivity index (χ0) is 16.2. The van der Waals surface area contributed by atoms with Gasteiger partial charge in [0.15, 0.2) is 0 Å². The summed E-state index contributed by atoms with van der Waals surface area (Å²) in [7, 11) is 0. The highest BCUT2D eigenvalue weighted by molar-refractivity contribution is 4.88. The summed E-state index contributed by atoms with van der Waals surface area (Å²) >= 11 is 0. The molecule has 0 aliphatic carbocycles. The number of aliphatic hydroxyl groups excluding tert-OH is 3. The lowest BCUT2D eigenvalue weighted by molar-refractivity contribution is -0.0730. The molecule has 1 rings (SSSR count). The second-order valence-corrected chi connectivity index (χ2v) is 6.28. The fourth-order valence-electron chi connectivity index (χ4n) is 2.85. The van der Waals surface area contributed by atoms with Gasteiger partial charge in [0, 0.05) is 6.61 Å². The van der Waals surface area contributed by atoms with Gasteiger partial charge in [-0.15, -0.1) is 0 Å². The predicted molar refractivity (Wildman–Crippen MR) is 85.8 cm³/mol. The van der Waals surface area contributed by atoms with Crippen LogP contribution in [0.3, 0.4) is 0 Å². The van der Waals surface area contributed by atoms with Gasteiger partial charge in [-0.2, -0.15) is 0 Å². The summed E-state index contributed by atoms with van der Waals surface area (Å²) in [5.74, 6) is 0. The standard InChI is InChI=1S/C17H34O5/c1-2-3-4-5-6-7-8-9-10-11-21-15-13-22-17(16(15)20)14(19)12-18/h14-20H,2-13H2,1H3/t14-,15+,16-,17-/m1/s1. The number of hydrogen-bond donors (Lipinski definition) is 3. The third-order valence-electron chi connectivity index (χ3n) is 4.32. The Kier molecular flexibility index (Phi) is 11.1. The molecule has 5 nitrogen and oxygen atoms in total. The lowest BCUT2D eigenvalue weighted by atomic mass is 10.1. The van der Waals surface area contributed by atoms with Crippen LogP contribution in [0.25, 0.3) is 0 Å². The van der Waals surface area contributed by atoms with E-state index >= 15 is 0 Å². The molecule has 132 valence electrons. The summed E-state index contributed by atoms with van der Waals surface area (Å²) < 4.78 is 10.9. The van der Waals surface area contributed by atoms with Gasteiger partial charge < -0.3 is 24.8 Å². The summed E-state index contributed by atoms with van der Waals surface area (Å²) in [4.78, 5) is 0. The molecule has 0 bridgehead atoms. The Balaban J connectivity index is 1.95. The Bertz CT molecular complexity index is 261. The van der Waals surface area contributed by atoms with Crippen molar-refractivity contribution in [2.45, 2.75) is 89.1 Å². The number of ether oxygens (including phenoxy) is 2. The molecule has 1 fully saturated rings. The molecule has 5 heteroatoms. The summed E-state index contributed by atoms with van der Waals surface area (Å²) in [5, 5.41) is 28.4. The van der Waals surface area contributed by atoms with Crippen molar-refractivity contribution in [3.05, 3.63) is 0 Å². The van der Waals surface area contributed by atoms with Gasteiger partial charge in [0.25, 0.3) is 0 Å². The zero-order valence-corrected chi connectivity index (χ0v) is 14.0. The quantitative estimate of drug-likeness (QED) is 0.453. The number of hydrogen-bond acceptors (Lipinski definition) is 5. The minimum atomic E-state index is -1.05. The van der Waals surface area contributed by atoms with Gasteiger partial charge in [0.1, 0.15) is 24.4 Å². The van der Waals surface area contributed by atoms with Crippen LogP contribution in [0.1, 0.15) is 64.7 Å². The molecule has 22 heavy (non-hydrogen) atoms. The lowest BCUT2D eigenvalue weighted by Crippen LogP contribution is -2.41. The molecule has 0 radical (unpaired) electrons. The fourth-order valence-corrected chi connectivity index (χ4v) is 2.85. The molecule has 0 aromatic heterocycles. The average Bonchev–Trinajstić information content (AvgIpc) is 2.89. The fraction of sp³-hybridized carbons (Fsp3) is 1.00. The van der Waals surface area contributed by atoms with Crippen molar-refractivity contribution in [2.24, 2.45) is 0 Å². The van der Waals surface area contributed by atoms with Gasteiger partial charge >= 0.3 is 0 Å². The van der Waals surface area contributed by atoms with E-state index in [-0.39, 0.29) is 12.7 Å². The van der Waals surface area contributed by atoms with Gasteiger partial charge in [-0.3, -0.25) is 0 Å². The SMILES string of the molecule is CCCCCCCCCCCO[C@H]1CO[C@H]([C@H](O)CO)[C@@H]1O. The molecule has 1 heterocycles.